The quantitative estimate of drug-likeness (QED) is 0.697. The Morgan fingerprint density at radius 3 is 2.80 bits per heavy atom. The lowest BCUT2D eigenvalue weighted by molar-refractivity contribution is -0.178. The first kappa shape index (κ1) is 12.8. The van der Waals surface area contributed by atoms with Gasteiger partial charge in [0.25, 0.3) is 0 Å². The minimum absolute atomic E-state index is 0.0273. The van der Waals surface area contributed by atoms with Crippen molar-refractivity contribution in [2.75, 3.05) is 18.1 Å². The van der Waals surface area contributed by atoms with Gasteiger partial charge in [0, 0.05) is 5.75 Å². The predicted octanol–water partition coefficient (Wildman–Crippen LogP) is 2.30. The van der Waals surface area contributed by atoms with Crippen molar-refractivity contribution in [3.8, 4) is 0 Å². The highest BCUT2D eigenvalue weighted by Crippen LogP contribution is 2.17. The molecular weight excluding hydrogens is 212 g/mol. The van der Waals surface area contributed by atoms with Gasteiger partial charge in [0.2, 0.25) is 6.29 Å². The summed E-state index contributed by atoms with van der Waals surface area (Å²) in [6, 6.07) is 0. The van der Waals surface area contributed by atoms with E-state index in [1.54, 1.807) is 11.8 Å². The third-order valence-corrected chi connectivity index (χ3v) is 3.22. The summed E-state index contributed by atoms with van der Waals surface area (Å²) in [5, 5.41) is 0. The van der Waals surface area contributed by atoms with Crippen molar-refractivity contribution in [1.82, 2.24) is 0 Å². The van der Waals surface area contributed by atoms with E-state index in [-0.39, 0.29) is 18.2 Å². The zero-order valence-corrected chi connectivity index (χ0v) is 10.5. The van der Waals surface area contributed by atoms with Crippen LogP contribution < -0.4 is 0 Å². The molecule has 0 spiro atoms. The summed E-state index contributed by atoms with van der Waals surface area (Å²) in [5.74, 6) is 2.13. The standard InChI is InChI=1S/C11H20O3S/c1-8(2)6-9(3)11(12)14-10-7-15-5-4-13-10/h8-10H,4-7H2,1-3H3. The molecule has 1 aliphatic heterocycles. The van der Waals surface area contributed by atoms with Gasteiger partial charge in [-0.25, -0.2) is 0 Å². The number of esters is 1. The van der Waals surface area contributed by atoms with E-state index < -0.39 is 0 Å². The average molecular weight is 232 g/mol. The van der Waals surface area contributed by atoms with Crippen LogP contribution in [0.25, 0.3) is 0 Å². The molecular formula is C11H20O3S. The van der Waals surface area contributed by atoms with Gasteiger partial charge >= 0.3 is 5.97 Å². The summed E-state index contributed by atoms with van der Waals surface area (Å²) in [6.45, 7) is 6.81. The fourth-order valence-electron chi connectivity index (χ4n) is 1.58. The monoisotopic (exact) mass is 232 g/mol. The minimum atomic E-state index is -0.328. The highest BCUT2D eigenvalue weighted by atomic mass is 32.2. The molecule has 4 heteroatoms. The van der Waals surface area contributed by atoms with Crippen molar-refractivity contribution in [3.63, 3.8) is 0 Å². The molecule has 0 N–H and O–H groups in total. The number of thioether (sulfide) groups is 1. The summed E-state index contributed by atoms with van der Waals surface area (Å²) in [7, 11) is 0. The molecule has 2 atom stereocenters. The van der Waals surface area contributed by atoms with Crippen LogP contribution in [0.3, 0.4) is 0 Å². The van der Waals surface area contributed by atoms with Crippen molar-refractivity contribution in [2.24, 2.45) is 11.8 Å². The highest BCUT2D eigenvalue weighted by Gasteiger charge is 2.22. The molecule has 1 heterocycles. The lowest BCUT2D eigenvalue weighted by Gasteiger charge is -2.24. The Labute approximate surface area is 95.9 Å². The molecule has 0 aromatic carbocycles. The zero-order chi connectivity index (χ0) is 11.3. The van der Waals surface area contributed by atoms with Gasteiger partial charge in [-0.3, -0.25) is 4.79 Å². The van der Waals surface area contributed by atoms with Crippen LogP contribution in [0.1, 0.15) is 27.2 Å². The van der Waals surface area contributed by atoms with Crippen LogP contribution in [0.4, 0.5) is 0 Å². The Bertz CT molecular complexity index is 200. The van der Waals surface area contributed by atoms with E-state index in [1.807, 2.05) is 6.92 Å². The van der Waals surface area contributed by atoms with Gasteiger partial charge in [-0.2, -0.15) is 11.8 Å². The molecule has 0 aliphatic carbocycles. The van der Waals surface area contributed by atoms with Crippen LogP contribution in [0, 0.1) is 11.8 Å². The van der Waals surface area contributed by atoms with Crippen molar-refractivity contribution in [2.45, 2.75) is 33.5 Å². The molecule has 0 amide bonds. The van der Waals surface area contributed by atoms with Gasteiger partial charge in [0.15, 0.2) is 0 Å². The van der Waals surface area contributed by atoms with E-state index in [2.05, 4.69) is 13.8 Å². The topological polar surface area (TPSA) is 35.5 Å². The Hall–Kier alpha value is -0.220. The SMILES string of the molecule is CC(C)CC(C)C(=O)OC1CSCCO1. The molecule has 0 aromatic rings. The van der Waals surface area contributed by atoms with Crippen LogP contribution in [-0.2, 0) is 14.3 Å². The molecule has 2 unspecified atom stereocenters. The van der Waals surface area contributed by atoms with Crippen LogP contribution in [-0.4, -0.2) is 30.4 Å². The zero-order valence-electron chi connectivity index (χ0n) is 9.69. The molecule has 0 aromatic heterocycles. The molecule has 0 saturated carbocycles. The fourth-order valence-corrected chi connectivity index (χ4v) is 2.32. The first-order valence-corrected chi connectivity index (χ1v) is 6.65. The summed E-state index contributed by atoms with van der Waals surface area (Å²) < 4.78 is 10.6. The molecule has 88 valence electrons. The van der Waals surface area contributed by atoms with Gasteiger partial charge < -0.3 is 9.47 Å². The first-order chi connectivity index (χ1) is 7.09. The van der Waals surface area contributed by atoms with Crippen molar-refractivity contribution < 1.29 is 14.3 Å². The normalized spacial score (nSPS) is 23.9. The minimum Gasteiger partial charge on any atom is -0.435 e. The Morgan fingerprint density at radius 1 is 1.53 bits per heavy atom. The Kier molecular flexibility index (Phi) is 5.47. The van der Waals surface area contributed by atoms with Crippen molar-refractivity contribution in [3.05, 3.63) is 0 Å². The molecule has 0 bridgehead atoms. The van der Waals surface area contributed by atoms with Crippen LogP contribution in [0.2, 0.25) is 0 Å². The van der Waals surface area contributed by atoms with E-state index >= 15 is 0 Å². The molecule has 3 nitrogen and oxygen atoms in total. The van der Waals surface area contributed by atoms with Gasteiger partial charge in [0.05, 0.1) is 18.3 Å². The smallest absolute Gasteiger partial charge is 0.310 e. The van der Waals surface area contributed by atoms with E-state index in [0.717, 1.165) is 17.9 Å². The predicted molar refractivity (Wildman–Crippen MR) is 61.8 cm³/mol. The second-order valence-electron chi connectivity index (χ2n) is 4.34. The fraction of sp³-hybridized carbons (Fsp3) is 0.909. The summed E-state index contributed by atoms with van der Waals surface area (Å²) >= 11 is 1.77. The van der Waals surface area contributed by atoms with Crippen LogP contribution >= 0.6 is 11.8 Å². The molecule has 1 aliphatic rings. The number of rotatable bonds is 4. The number of carbonyl (C=O) groups excluding carboxylic acids is 1. The van der Waals surface area contributed by atoms with Crippen LogP contribution in [0.15, 0.2) is 0 Å². The van der Waals surface area contributed by atoms with Gasteiger partial charge in [0.1, 0.15) is 0 Å². The second-order valence-corrected chi connectivity index (χ2v) is 5.49. The molecule has 15 heavy (non-hydrogen) atoms. The highest BCUT2D eigenvalue weighted by molar-refractivity contribution is 7.99. The molecule has 1 rings (SSSR count). The first-order valence-electron chi connectivity index (χ1n) is 5.49. The van der Waals surface area contributed by atoms with E-state index in [0.29, 0.717) is 12.5 Å². The van der Waals surface area contributed by atoms with E-state index in [9.17, 15) is 4.79 Å². The Morgan fingerprint density at radius 2 is 2.27 bits per heavy atom. The number of hydrogen-bond donors (Lipinski definition) is 0. The van der Waals surface area contributed by atoms with Gasteiger partial charge in [-0.05, 0) is 12.3 Å². The second kappa shape index (κ2) is 6.38. The maximum absolute atomic E-state index is 11.6. The maximum atomic E-state index is 11.6. The molecule has 1 fully saturated rings. The summed E-state index contributed by atoms with van der Waals surface area (Å²) in [5.41, 5.74) is 0. The molecule has 0 radical (unpaired) electrons. The lowest BCUT2D eigenvalue weighted by atomic mass is 9.99. The maximum Gasteiger partial charge on any atom is 0.310 e. The number of hydrogen-bond acceptors (Lipinski definition) is 4. The van der Waals surface area contributed by atoms with Crippen molar-refractivity contribution >= 4 is 17.7 Å². The number of ether oxygens (including phenoxy) is 2. The largest absolute Gasteiger partial charge is 0.435 e. The van der Waals surface area contributed by atoms with Gasteiger partial charge in [-0.15, -0.1) is 0 Å². The van der Waals surface area contributed by atoms with E-state index in [1.165, 1.54) is 0 Å². The summed E-state index contributed by atoms with van der Waals surface area (Å²) in [4.78, 5) is 11.6. The molecule has 1 saturated heterocycles. The summed E-state index contributed by atoms with van der Waals surface area (Å²) in [6.07, 6.45) is 0.546. The lowest BCUT2D eigenvalue weighted by Crippen LogP contribution is -2.31. The average Bonchev–Trinajstić information content (AvgIpc) is 2.18. The third-order valence-electron chi connectivity index (χ3n) is 2.26. The van der Waals surface area contributed by atoms with Crippen molar-refractivity contribution in [1.29, 1.82) is 0 Å². The Balaban J connectivity index is 2.27. The van der Waals surface area contributed by atoms with Gasteiger partial charge in [-0.1, -0.05) is 20.8 Å². The number of carbonyl (C=O) groups is 1. The van der Waals surface area contributed by atoms with Crippen LogP contribution in [0.5, 0.6) is 0 Å². The third kappa shape index (κ3) is 4.89. The van der Waals surface area contributed by atoms with E-state index in [4.69, 9.17) is 9.47 Å².